The average molecular weight is 485 g/mol. The molecule has 1 aromatic heterocycles. The summed E-state index contributed by atoms with van der Waals surface area (Å²) >= 11 is 0. The lowest BCUT2D eigenvalue weighted by molar-refractivity contribution is -0.139. The molecule has 0 fully saturated rings. The minimum atomic E-state index is -1.18. The molecule has 35 heavy (non-hydrogen) atoms. The van der Waals surface area contributed by atoms with Crippen LogP contribution in [0.1, 0.15) is 75.4 Å². The maximum atomic E-state index is 13.8. The van der Waals surface area contributed by atoms with Gasteiger partial charge in [0.25, 0.3) is 0 Å². The fourth-order valence-corrected chi connectivity index (χ4v) is 4.53. The Hall–Kier alpha value is -3.10. The smallest absolute Gasteiger partial charge is 0.305 e. The summed E-state index contributed by atoms with van der Waals surface area (Å²) in [5.74, 6) is -1.60. The van der Waals surface area contributed by atoms with Crippen LogP contribution >= 0.6 is 0 Å². The van der Waals surface area contributed by atoms with Crippen LogP contribution in [0, 0.1) is 5.82 Å². The molecule has 2 atom stereocenters. The van der Waals surface area contributed by atoms with Crippen LogP contribution in [0.4, 0.5) is 4.39 Å². The van der Waals surface area contributed by atoms with E-state index in [9.17, 15) is 24.2 Å². The molecule has 188 valence electrons. The molecular formula is C27H33FN2O5. The summed E-state index contributed by atoms with van der Waals surface area (Å²) in [5.41, 5.74) is 3.98. The second-order valence-corrected chi connectivity index (χ2v) is 9.86. The third kappa shape index (κ3) is 6.32. The SMILES string of the molecule is CC(C)c1nc2c(c(-c3ccc(F)cc3)c1/C=C/[C@@H](O)C[C@@H](O)CC(=O)O)CCC(=O)NC2(C)C. The van der Waals surface area contributed by atoms with Gasteiger partial charge in [-0.2, -0.15) is 0 Å². The van der Waals surface area contributed by atoms with Crippen molar-refractivity contribution >= 4 is 18.0 Å². The minimum absolute atomic E-state index is 0.0105. The molecule has 1 aromatic carbocycles. The zero-order chi connectivity index (χ0) is 25.9. The van der Waals surface area contributed by atoms with Crippen molar-refractivity contribution in [3.8, 4) is 11.1 Å². The number of fused-ring (bicyclic) bond motifs is 1. The number of hydrogen-bond donors (Lipinski definition) is 4. The molecule has 1 aliphatic heterocycles. The number of carbonyl (C=O) groups excluding carboxylic acids is 1. The molecule has 3 rings (SSSR count). The zero-order valence-electron chi connectivity index (χ0n) is 20.5. The molecule has 8 heteroatoms. The van der Waals surface area contributed by atoms with Gasteiger partial charge in [-0.3, -0.25) is 14.6 Å². The fourth-order valence-electron chi connectivity index (χ4n) is 4.53. The van der Waals surface area contributed by atoms with Gasteiger partial charge >= 0.3 is 5.97 Å². The number of aliphatic hydroxyl groups is 2. The Balaban J connectivity index is 2.21. The largest absolute Gasteiger partial charge is 0.481 e. The number of hydrogen-bond acceptors (Lipinski definition) is 5. The van der Waals surface area contributed by atoms with Crippen LogP contribution in [0.25, 0.3) is 17.2 Å². The number of aliphatic carboxylic acids is 1. The first-order chi connectivity index (χ1) is 16.4. The Labute approximate surface area is 204 Å². The van der Waals surface area contributed by atoms with Crippen molar-refractivity contribution in [1.29, 1.82) is 0 Å². The first-order valence-corrected chi connectivity index (χ1v) is 11.8. The van der Waals surface area contributed by atoms with Gasteiger partial charge in [0.1, 0.15) is 5.82 Å². The Morgan fingerprint density at radius 1 is 1.20 bits per heavy atom. The summed E-state index contributed by atoms with van der Waals surface area (Å²) < 4.78 is 13.8. The van der Waals surface area contributed by atoms with Crippen LogP contribution in [-0.2, 0) is 21.5 Å². The molecule has 0 bridgehead atoms. The van der Waals surface area contributed by atoms with E-state index in [0.717, 1.165) is 33.6 Å². The summed E-state index contributed by atoms with van der Waals surface area (Å²) in [6, 6.07) is 6.14. The van der Waals surface area contributed by atoms with Crippen LogP contribution in [0.3, 0.4) is 0 Å². The topological polar surface area (TPSA) is 120 Å². The molecular weight excluding hydrogens is 451 g/mol. The van der Waals surface area contributed by atoms with Crippen molar-refractivity contribution in [1.82, 2.24) is 10.3 Å². The lowest BCUT2D eigenvalue weighted by Crippen LogP contribution is -2.40. The van der Waals surface area contributed by atoms with Gasteiger partial charge in [-0.15, -0.1) is 0 Å². The third-order valence-electron chi connectivity index (χ3n) is 6.10. The summed E-state index contributed by atoms with van der Waals surface area (Å²) in [6.07, 6.45) is 1.12. The van der Waals surface area contributed by atoms with Gasteiger partial charge in [0.2, 0.25) is 5.91 Å². The van der Waals surface area contributed by atoms with E-state index in [0.29, 0.717) is 6.42 Å². The predicted molar refractivity (Wildman–Crippen MR) is 131 cm³/mol. The number of carboxylic acids is 1. The van der Waals surface area contributed by atoms with Gasteiger partial charge in [0, 0.05) is 18.4 Å². The maximum absolute atomic E-state index is 13.8. The van der Waals surface area contributed by atoms with Crippen LogP contribution in [0.15, 0.2) is 30.3 Å². The minimum Gasteiger partial charge on any atom is -0.481 e. The molecule has 1 amide bonds. The molecule has 4 N–H and O–H groups in total. The van der Waals surface area contributed by atoms with E-state index in [1.807, 2.05) is 27.7 Å². The molecule has 0 saturated carbocycles. The number of amides is 1. The summed E-state index contributed by atoms with van der Waals surface area (Å²) in [7, 11) is 0. The lowest BCUT2D eigenvalue weighted by atomic mass is 9.84. The zero-order valence-corrected chi connectivity index (χ0v) is 20.5. The van der Waals surface area contributed by atoms with Crippen LogP contribution in [0.2, 0.25) is 0 Å². The Kier molecular flexibility index (Phi) is 8.07. The number of benzene rings is 1. The van der Waals surface area contributed by atoms with Crippen molar-refractivity contribution < 1.29 is 29.3 Å². The molecule has 0 saturated heterocycles. The van der Waals surface area contributed by atoms with Gasteiger partial charge in [0.05, 0.1) is 35.6 Å². The molecule has 2 heterocycles. The van der Waals surface area contributed by atoms with Gasteiger partial charge in [0.15, 0.2) is 0 Å². The third-order valence-corrected chi connectivity index (χ3v) is 6.10. The quantitative estimate of drug-likeness (QED) is 0.451. The molecule has 0 unspecified atom stereocenters. The molecule has 0 radical (unpaired) electrons. The number of aromatic nitrogens is 1. The summed E-state index contributed by atoms with van der Waals surface area (Å²) in [4.78, 5) is 28.3. The van der Waals surface area contributed by atoms with Crippen LogP contribution < -0.4 is 5.32 Å². The van der Waals surface area contributed by atoms with Crippen molar-refractivity contribution in [3.63, 3.8) is 0 Å². The second-order valence-electron chi connectivity index (χ2n) is 9.86. The van der Waals surface area contributed by atoms with Gasteiger partial charge < -0.3 is 20.6 Å². The standard InChI is InChI=1S/C27H33FN2O5/c1-15(2)25-20(10-9-18(31)13-19(32)14-23(34)35)24(16-5-7-17(28)8-6-16)21-11-12-22(33)30-27(3,4)26(21)29-25/h5-10,15,18-19,31-32H,11-14H2,1-4H3,(H,30,33)(H,34,35)/b10-9+/t18-,19-/m1/s1. The lowest BCUT2D eigenvalue weighted by Gasteiger charge is -2.29. The fraction of sp³-hybridized carbons (Fsp3) is 0.444. The van der Waals surface area contributed by atoms with E-state index in [4.69, 9.17) is 10.1 Å². The molecule has 7 nitrogen and oxygen atoms in total. The van der Waals surface area contributed by atoms with E-state index in [1.165, 1.54) is 18.2 Å². The number of nitrogens with one attached hydrogen (secondary N) is 1. The van der Waals surface area contributed by atoms with E-state index in [-0.39, 0.29) is 30.5 Å². The summed E-state index contributed by atoms with van der Waals surface area (Å²) in [5, 5.41) is 32.3. The van der Waals surface area contributed by atoms with Crippen molar-refractivity contribution in [2.24, 2.45) is 0 Å². The normalized spacial score (nSPS) is 17.1. The Morgan fingerprint density at radius 3 is 2.46 bits per heavy atom. The summed E-state index contributed by atoms with van der Waals surface area (Å²) in [6.45, 7) is 7.80. The second kappa shape index (κ2) is 10.7. The Bertz CT molecular complexity index is 1130. The number of rotatable bonds is 8. The molecule has 0 aliphatic carbocycles. The van der Waals surface area contributed by atoms with Crippen LogP contribution in [0.5, 0.6) is 0 Å². The van der Waals surface area contributed by atoms with Crippen molar-refractivity contribution in [2.75, 3.05) is 0 Å². The van der Waals surface area contributed by atoms with E-state index >= 15 is 0 Å². The number of carbonyl (C=O) groups is 2. The predicted octanol–water partition coefficient (Wildman–Crippen LogP) is 3.91. The molecule has 0 spiro atoms. The Morgan fingerprint density at radius 2 is 1.86 bits per heavy atom. The number of aliphatic hydroxyl groups excluding tert-OH is 2. The number of nitrogens with zero attached hydrogens (tertiary/aromatic N) is 1. The molecule has 1 aliphatic rings. The highest BCUT2D eigenvalue weighted by Crippen LogP contribution is 2.40. The first-order valence-electron chi connectivity index (χ1n) is 11.8. The van der Waals surface area contributed by atoms with Crippen molar-refractivity contribution in [2.45, 2.75) is 77.0 Å². The number of pyridine rings is 1. The number of halogens is 1. The monoisotopic (exact) mass is 484 g/mol. The highest BCUT2D eigenvalue weighted by Gasteiger charge is 2.34. The van der Waals surface area contributed by atoms with Gasteiger partial charge in [-0.05, 0) is 55.0 Å². The first kappa shape index (κ1) is 26.5. The van der Waals surface area contributed by atoms with Crippen LogP contribution in [-0.4, -0.2) is 44.4 Å². The van der Waals surface area contributed by atoms with Gasteiger partial charge in [-0.1, -0.05) is 38.1 Å². The highest BCUT2D eigenvalue weighted by atomic mass is 19.1. The highest BCUT2D eigenvalue weighted by molar-refractivity contribution is 5.84. The maximum Gasteiger partial charge on any atom is 0.305 e. The van der Waals surface area contributed by atoms with E-state index in [1.54, 1.807) is 18.2 Å². The van der Waals surface area contributed by atoms with Gasteiger partial charge in [-0.25, -0.2) is 4.39 Å². The van der Waals surface area contributed by atoms with E-state index < -0.39 is 30.1 Å². The average Bonchev–Trinajstić information content (AvgIpc) is 2.86. The number of carboxylic acid groups (broad SMARTS) is 1. The van der Waals surface area contributed by atoms with E-state index in [2.05, 4.69) is 5.32 Å². The van der Waals surface area contributed by atoms with Crippen molar-refractivity contribution in [3.05, 3.63) is 58.7 Å². The molecule has 2 aromatic rings.